The summed E-state index contributed by atoms with van der Waals surface area (Å²) < 4.78 is 11.0. The van der Waals surface area contributed by atoms with Crippen molar-refractivity contribution in [1.29, 1.82) is 0 Å². The van der Waals surface area contributed by atoms with Crippen molar-refractivity contribution < 1.29 is 13.9 Å². The summed E-state index contributed by atoms with van der Waals surface area (Å²) in [5.74, 6) is 1.31. The number of hydrogen-bond acceptors (Lipinski definition) is 5. The first-order chi connectivity index (χ1) is 12.7. The van der Waals surface area contributed by atoms with Gasteiger partial charge in [0, 0.05) is 22.2 Å². The molecule has 0 aliphatic carbocycles. The zero-order chi connectivity index (χ0) is 18.1. The van der Waals surface area contributed by atoms with Crippen molar-refractivity contribution in [3.05, 3.63) is 60.1 Å². The van der Waals surface area contributed by atoms with Crippen LogP contribution in [0, 0.1) is 6.92 Å². The smallest absolute Gasteiger partial charge is 0.291 e. The van der Waals surface area contributed by atoms with E-state index in [9.17, 15) is 4.79 Å². The predicted octanol–water partition coefficient (Wildman–Crippen LogP) is 3.79. The number of carbonyl (C=O) groups excluding carboxylic acids is 1. The number of methoxy groups -OCH3 is 1. The largest absolute Gasteiger partial charge is 0.497 e. The molecular weight excluding hydrogens is 332 g/mol. The van der Waals surface area contributed by atoms with E-state index in [4.69, 9.17) is 9.15 Å². The van der Waals surface area contributed by atoms with Gasteiger partial charge in [0.2, 0.25) is 0 Å². The molecule has 0 saturated carbocycles. The Morgan fingerprint density at radius 2 is 2.12 bits per heavy atom. The lowest BCUT2D eigenvalue weighted by molar-refractivity contribution is 0.0998. The number of furan rings is 1. The number of benzene rings is 2. The molecule has 0 atom stereocenters. The van der Waals surface area contributed by atoms with E-state index in [2.05, 4.69) is 20.5 Å². The minimum Gasteiger partial charge on any atom is -0.497 e. The van der Waals surface area contributed by atoms with E-state index < -0.39 is 0 Å². The Morgan fingerprint density at radius 3 is 2.88 bits per heavy atom. The highest BCUT2D eigenvalue weighted by Crippen LogP contribution is 2.29. The Balaban J connectivity index is 1.64. The van der Waals surface area contributed by atoms with Crippen LogP contribution in [-0.2, 0) is 0 Å². The highest BCUT2D eigenvalue weighted by atomic mass is 16.5. The van der Waals surface area contributed by atoms with E-state index in [1.54, 1.807) is 25.3 Å². The summed E-state index contributed by atoms with van der Waals surface area (Å²) in [6.45, 7) is 1.85. The van der Waals surface area contributed by atoms with Gasteiger partial charge in [-0.05, 0) is 37.3 Å². The lowest BCUT2D eigenvalue weighted by Crippen LogP contribution is -2.12. The minimum absolute atomic E-state index is 0.276. The number of H-pyrrole nitrogens is 1. The molecule has 130 valence electrons. The maximum absolute atomic E-state index is 12.7. The number of carbonyl (C=O) groups is 1. The van der Waals surface area contributed by atoms with Gasteiger partial charge in [-0.2, -0.15) is 5.10 Å². The van der Waals surface area contributed by atoms with Crippen LogP contribution in [0.5, 0.6) is 5.75 Å². The second kappa shape index (κ2) is 6.36. The SMILES string of the molecule is COc1ccc2oc(C(=O)Nc3cccc(-c4ncn[nH]4)c3)c(C)c2c1. The molecule has 4 aromatic rings. The summed E-state index contributed by atoms with van der Waals surface area (Å²) in [6, 6.07) is 12.8. The molecule has 2 aromatic carbocycles. The van der Waals surface area contributed by atoms with Crippen LogP contribution in [0.1, 0.15) is 16.1 Å². The van der Waals surface area contributed by atoms with Gasteiger partial charge in [0.25, 0.3) is 5.91 Å². The third kappa shape index (κ3) is 2.79. The van der Waals surface area contributed by atoms with E-state index in [0.29, 0.717) is 22.8 Å². The zero-order valence-electron chi connectivity index (χ0n) is 14.2. The number of aromatic amines is 1. The fourth-order valence-electron chi connectivity index (χ4n) is 2.82. The summed E-state index contributed by atoms with van der Waals surface area (Å²) in [7, 11) is 1.60. The third-order valence-electron chi connectivity index (χ3n) is 4.16. The number of aromatic nitrogens is 3. The number of fused-ring (bicyclic) bond motifs is 1. The highest BCUT2D eigenvalue weighted by molar-refractivity contribution is 6.06. The number of ether oxygens (including phenoxy) is 1. The number of anilines is 1. The number of hydrogen-bond donors (Lipinski definition) is 2. The molecule has 0 aliphatic rings. The van der Waals surface area contributed by atoms with Crippen molar-refractivity contribution >= 4 is 22.6 Å². The van der Waals surface area contributed by atoms with Crippen LogP contribution < -0.4 is 10.1 Å². The van der Waals surface area contributed by atoms with Crippen LogP contribution in [0.2, 0.25) is 0 Å². The fraction of sp³-hybridized carbons (Fsp3) is 0.105. The van der Waals surface area contributed by atoms with E-state index in [1.807, 2.05) is 31.2 Å². The molecule has 0 fully saturated rings. The summed E-state index contributed by atoms with van der Waals surface area (Å²) in [4.78, 5) is 16.8. The van der Waals surface area contributed by atoms with Gasteiger partial charge in [0.1, 0.15) is 17.7 Å². The van der Waals surface area contributed by atoms with E-state index in [-0.39, 0.29) is 11.7 Å². The molecule has 0 radical (unpaired) electrons. The summed E-state index contributed by atoms with van der Waals surface area (Å²) in [6.07, 6.45) is 1.44. The average molecular weight is 348 g/mol. The summed E-state index contributed by atoms with van der Waals surface area (Å²) in [5.41, 5.74) is 2.87. The molecule has 2 aromatic heterocycles. The van der Waals surface area contributed by atoms with Crippen LogP contribution >= 0.6 is 0 Å². The summed E-state index contributed by atoms with van der Waals surface area (Å²) in [5, 5.41) is 10.4. The Morgan fingerprint density at radius 1 is 1.23 bits per heavy atom. The molecule has 0 aliphatic heterocycles. The van der Waals surface area contributed by atoms with Gasteiger partial charge in [-0.3, -0.25) is 9.89 Å². The number of nitrogens with zero attached hydrogens (tertiary/aromatic N) is 2. The molecule has 7 nitrogen and oxygen atoms in total. The monoisotopic (exact) mass is 348 g/mol. The van der Waals surface area contributed by atoms with Gasteiger partial charge >= 0.3 is 0 Å². The van der Waals surface area contributed by atoms with E-state index in [0.717, 1.165) is 16.5 Å². The number of rotatable bonds is 4. The Labute approximate surface area is 149 Å². The lowest BCUT2D eigenvalue weighted by Gasteiger charge is -2.05. The maximum atomic E-state index is 12.7. The van der Waals surface area contributed by atoms with E-state index >= 15 is 0 Å². The number of aryl methyl sites for hydroxylation is 1. The van der Waals surface area contributed by atoms with Crippen LogP contribution in [0.4, 0.5) is 5.69 Å². The lowest BCUT2D eigenvalue weighted by atomic mass is 10.1. The standard InChI is InChI=1S/C19H16N4O3/c1-11-15-9-14(25-2)6-7-16(15)26-17(11)19(24)22-13-5-3-4-12(8-13)18-20-10-21-23-18/h3-10H,1-2H3,(H,22,24)(H,20,21,23). The highest BCUT2D eigenvalue weighted by Gasteiger charge is 2.18. The number of nitrogens with one attached hydrogen (secondary N) is 2. The topological polar surface area (TPSA) is 93.0 Å². The Kier molecular flexibility index (Phi) is 3.89. The quantitative estimate of drug-likeness (QED) is 0.585. The molecule has 2 heterocycles. The van der Waals surface area contributed by atoms with Gasteiger partial charge in [-0.15, -0.1) is 0 Å². The van der Waals surface area contributed by atoms with Crippen LogP contribution in [0.15, 0.2) is 53.2 Å². The van der Waals surface area contributed by atoms with Crippen LogP contribution in [0.25, 0.3) is 22.4 Å². The van der Waals surface area contributed by atoms with Crippen molar-refractivity contribution in [1.82, 2.24) is 15.2 Å². The molecule has 4 rings (SSSR count). The maximum Gasteiger partial charge on any atom is 0.291 e. The first-order valence-corrected chi connectivity index (χ1v) is 8.00. The van der Waals surface area contributed by atoms with Crippen molar-refractivity contribution in [3.8, 4) is 17.1 Å². The molecule has 26 heavy (non-hydrogen) atoms. The van der Waals surface area contributed by atoms with Crippen LogP contribution in [-0.4, -0.2) is 28.2 Å². The summed E-state index contributed by atoms with van der Waals surface area (Å²) >= 11 is 0. The molecular formula is C19H16N4O3. The van der Waals surface area contributed by atoms with Gasteiger partial charge < -0.3 is 14.5 Å². The molecule has 1 amide bonds. The molecule has 0 unspecified atom stereocenters. The second-order valence-corrected chi connectivity index (χ2v) is 5.79. The Hall–Kier alpha value is -3.61. The number of amides is 1. The Bertz CT molecular complexity index is 1080. The van der Waals surface area contributed by atoms with Crippen molar-refractivity contribution in [2.75, 3.05) is 12.4 Å². The first kappa shape index (κ1) is 15.9. The molecule has 0 bridgehead atoms. The van der Waals surface area contributed by atoms with Gasteiger partial charge in [-0.25, -0.2) is 4.98 Å². The second-order valence-electron chi connectivity index (χ2n) is 5.79. The van der Waals surface area contributed by atoms with Crippen LogP contribution in [0.3, 0.4) is 0 Å². The predicted molar refractivity (Wildman–Crippen MR) is 97.3 cm³/mol. The molecule has 2 N–H and O–H groups in total. The van der Waals surface area contributed by atoms with Gasteiger partial charge in [0.05, 0.1) is 7.11 Å². The van der Waals surface area contributed by atoms with Crippen molar-refractivity contribution in [3.63, 3.8) is 0 Å². The minimum atomic E-state index is -0.313. The van der Waals surface area contributed by atoms with Crippen molar-refractivity contribution in [2.24, 2.45) is 0 Å². The van der Waals surface area contributed by atoms with Crippen molar-refractivity contribution in [2.45, 2.75) is 6.92 Å². The van der Waals surface area contributed by atoms with Gasteiger partial charge in [0.15, 0.2) is 11.6 Å². The normalized spacial score (nSPS) is 10.8. The zero-order valence-corrected chi connectivity index (χ0v) is 14.2. The van der Waals surface area contributed by atoms with E-state index in [1.165, 1.54) is 6.33 Å². The molecule has 0 spiro atoms. The molecule has 0 saturated heterocycles. The first-order valence-electron chi connectivity index (χ1n) is 8.00. The fourth-order valence-corrected chi connectivity index (χ4v) is 2.82. The molecule has 7 heteroatoms. The average Bonchev–Trinajstić information content (AvgIpc) is 3.30. The van der Waals surface area contributed by atoms with Gasteiger partial charge in [-0.1, -0.05) is 12.1 Å². The third-order valence-corrected chi connectivity index (χ3v) is 4.16.